The topological polar surface area (TPSA) is 84.0 Å². The number of para-hydroxylation sites is 1. The minimum absolute atomic E-state index is 0.201. The fraction of sp³-hybridized carbons (Fsp3) is 0.0526. The largest absolute Gasteiger partial charge is 0.332 e. The molecule has 0 spiro atoms. The van der Waals surface area contributed by atoms with Gasteiger partial charge in [0.25, 0.3) is 10.0 Å². The normalized spacial score (nSPS) is 11.3. The van der Waals surface area contributed by atoms with Gasteiger partial charge in [0, 0.05) is 11.1 Å². The number of hydrogen-bond acceptors (Lipinski definition) is 7. The molecule has 2 heterocycles. The molecular weight excluding hydrogens is 412 g/mol. The Morgan fingerprint density at radius 2 is 1.57 bits per heavy atom. The number of nitrogens with zero attached hydrogens (tertiary/aromatic N) is 2. The van der Waals surface area contributed by atoms with Crippen LogP contribution in [0.4, 0.5) is 16.0 Å². The molecule has 6 nitrogen and oxygen atoms in total. The Morgan fingerprint density at radius 3 is 2.29 bits per heavy atom. The summed E-state index contributed by atoms with van der Waals surface area (Å²) < 4.78 is 27.5. The third-order valence-corrected chi connectivity index (χ3v) is 7.17. The second kappa shape index (κ2) is 7.70. The molecule has 0 atom stereocenters. The standard InChI is InChI=1S/C19H16N4O2S3/c1-13-17(16-12-26-18(22-16)21-14-8-4-2-5-9-14)27-19(20-13)23-28(24,25)15-10-6-3-7-11-15/h2-12H,1H3,(H,20,23)(H,21,22). The molecule has 4 rings (SSSR count). The van der Waals surface area contributed by atoms with Gasteiger partial charge in [-0.1, -0.05) is 47.7 Å². The summed E-state index contributed by atoms with van der Waals surface area (Å²) in [5.41, 5.74) is 2.46. The van der Waals surface area contributed by atoms with E-state index in [0.29, 0.717) is 5.13 Å². The number of hydrogen-bond donors (Lipinski definition) is 2. The quantitative estimate of drug-likeness (QED) is 0.445. The molecule has 0 saturated carbocycles. The van der Waals surface area contributed by atoms with Crippen LogP contribution in [-0.4, -0.2) is 18.4 Å². The monoisotopic (exact) mass is 428 g/mol. The number of rotatable bonds is 6. The van der Waals surface area contributed by atoms with E-state index in [4.69, 9.17) is 0 Å². The van der Waals surface area contributed by atoms with E-state index in [2.05, 4.69) is 20.0 Å². The Balaban J connectivity index is 1.55. The number of aromatic nitrogens is 2. The molecule has 9 heteroatoms. The highest BCUT2D eigenvalue weighted by Gasteiger charge is 2.19. The molecule has 4 aromatic rings. The lowest BCUT2D eigenvalue weighted by Gasteiger charge is -2.04. The van der Waals surface area contributed by atoms with Gasteiger partial charge in [0.15, 0.2) is 10.3 Å². The van der Waals surface area contributed by atoms with Crippen LogP contribution in [0.25, 0.3) is 10.6 Å². The van der Waals surface area contributed by atoms with Crippen molar-refractivity contribution in [3.8, 4) is 10.6 Å². The molecule has 142 valence electrons. The smallest absolute Gasteiger partial charge is 0.263 e. The first-order valence-corrected chi connectivity index (χ1v) is 11.5. The summed E-state index contributed by atoms with van der Waals surface area (Å²) in [6.07, 6.45) is 0. The first-order valence-electron chi connectivity index (χ1n) is 8.34. The third-order valence-electron chi connectivity index (χ3n) is 3.83. The van der Waals surface area contributed by atoms with Crippen molar-refractivity contribution < 1.29 is 8.42 Å². The van der Waals surface area contributed by atoms with E-state index in [-0.39, 0.29) is 4.90 Å². The van der Waals surface area contributed by atoms with Crippen molar-refractivity contribution in [2.45, 2.75) is 11.8 Å². The van der Waals surface area contributed by atoms with Gasteiger partial charge in [0.2, 0.25) is 0 Å². The summed E-state index contributed by atoms with van der Waals surface area (Å²) in [5.74, 6) is 0. The summed E-state index contributed by atoms with van der Waals surface area (Å²) in [5, 5.41) is 6.28. The van der Waals surface area contributed by atoms with Crippen molar-refractivity contribution in [2.24, 2.45) is 0 Å². The fourth-order valence-electron chi connectivity index (χ4n) is 2.53. The maximum atomic E-state index is 12.5. The molecule has 2 aromatic carbocycles. The average Bonchev–Trinajstić information content (AvgIpc) is 3.29. The summed E-state index contributed by atoms with van der Waals surface area (Å²) >= 11 is 2.75. The molecule has 28 heavy (non-hydrogen) atoms. The zero-order valence-corrected chi connectivity index (χ0v) is 17.2. The van der Waals surface area contributed by atoms with Gasteiger partial charge in [-0.05, 0) is 31.2 Å². The van der Waals surface area contributed by atoms with Crippen LogP contribution in [0, 0.1) is 6.92 Å². The van der Waals surface area contributed by atoms with E-state index in [0.717, 1.165) is 27.1 Å². The van der Waals surface area contributed by atoms with Crippen LogP contribution in [0.15, 0.2) is 70.9 Å². The molecule has 2 N–H and O–H groups in total. The minimum Gasteiger partial charge on any atom is -0.332 e. The van der Waals surface area contributed by atoms with E-state index in [9.17, 15) is 8.42 Å². The fourth-order valence-corrected chi connectivity index (χ4v) is 5.51. The van der Waals surface area contributed by atoms with Crippen molar-refractivity contribution in [3.63, 3.8) is 0 Å². The number of anilines is 3. The van der Waals surface area contributed by atoms with Gasteiger partial charge >= 0.3 is 0 Å². The lowest BCUT2D eigenvalue weighted by molar-refractivity contribution is 0.601. The third kappa shape index (κ3) is 4.06. The lowest BCUT2D eigenvalue weighted by atomic mass is 10.3. The van der Waals surface area contributed by atoms with E-state index >= 15 is 0 Å². The molecule has 0 aliphatic heterocycles. The zero-order valence-electron chi connectivity index (χ0n) is 14.8. The second-order valence-electron chi connectivity index (χ2n) is 5.88. The first-order chi connectivity index (χ1) is 13.5. The van der Waals surface area contributed by atoms with Crippen LogP contribution < -0.4 is 10.0 Å². The number of sulfonamides is 1. The highest BCUT2D eigenvalue weighted by Crippen LogP contribution is 2.35. The Labute approximate surface area is 171 Å². The average molecular weight is 429 g/mol. The van der Waals surface area contributed by atoms with Crippen LogP contribution in [0.1, 0.15) is 5.69 Å². The van der Waals surface area contributed by atoms with Gasteiger partial charge in [-0.3, -0.25) is 4.72 Å². The molecule has 0 bridgehead atoms. The highest BCUT2D eigenvalue weighted by molar-refractivity contribution is 7.93. The summed E-state index contributed by atoms with van der Waals surface area (Å²) in [4.78, 5) is 10.0. The Hall–Kier alpha value is -2.75. The molecular formula is C19H16N4O2S3. The van der Waals surface area contributed by atoms with Crippen LogP contribution in [0.2, 0.25) is 0 Å². The Bertz CT molecular complexity index is 1190. The SMILES string of the molecule is Cc1nc(NS(=O)(=O)c2ccccc2)sc1-c1csc(Nc2ccccc2)n1. The van der Waals surface area contributed by atoms with Crippen LogP contribution in [0.3, 0.4) is 0 Å². The van der Waals surface area contributed by atoms with Crippen LogP contribution in [-0.2, 0) is 10.0 Å². The van der Waals surface area contributed by atoms with Gasteiger partial charge in [0.05, 0.1) is 21.2 Å². The molecule has 2 aromatic heterocycles. The van der Waals surface area contributed by atoms with Crippen molar-refractivity contribution in [1.82, 2.24) is 9.97 Å². The molecule has 0 aliphatic carbocycles. The number of nitrogens with one attached hydrogen (secondary N) is 2. The zero-order chi connectivity index (χ0) is 19.6. The first kappa shape index (κ1) is 18.6. The predicted octanol–water partition coefficient (Wildman–Crippen LogP) is 5.12. The van der Waals surface area contributed by atoms with Gasteiger partial charge in [-0.25, -0.2) is 18.4 Å². The van der Waals surface area contributed by atoms with Crippen LogP contribution >= 0.6 is 22.7 Å². The number of thiazole rings is 2. The van der Waals surface area contributed by atoms with E-state index in [1.807, 2.05) is 42.6 Å². The molecule has 0 aliphatic rings. The van der Waals surface area contributed by atoms with Crippen molar-refractivity contribution in [2.75, 3.05) is 10.0 Å². The Morgan fingerprint density at radius 1 is 0.893 bits per heavy atom. The van der Waals surface area contributed by atoms with Gasteiger partial charge < -0.3 is 5.32 Å². The maximum absolute atomic E-state index is 12.5. The second-order valence-corrected chi connectivity index (χ2v) is 9.42. The molecule has 0 amide bonds. The molecule has 0 unspecified atom stereocenters. The van der Waals surface area contributed by atoms with Gasteiger partial charge in [0.1, 0.15) is 0 Å². The van der Waals surface area contributed by atoms with Crippen molar-refractivity contribution in [1.29, 1.82) is 0 Å². The summed E-state index contributed by atoms with van der Waals surface area (Å²) in [6.45, 7) is 1.84. The van der Waals surface area contributed by atoms with Gasteiger partial charge in [-0.15, -0.1) is 11.3 Å². The predicted molar refractivity (Wildman–Crippen MR) is 115 cm³/mol. The number of benzene rings is 2. The van der Waals surface area contributed by atoms with Crippen molar-refractivity contribution >= 4 is 48.6 Å². The Kier molecular flexibility index (Phi) is 5.12. The lowest BCUT2D eigenvalue weighted by Crippen LogP contribution is -2.12. The van der Waals surface area contributed by atoms with E-state index in [1.54, 1.807) is 30.3 Å². The molecule has 0 saturated heterocycles. The van der Waals surface area contributed by atoms with Gasteiger partial charge in [-0.2, -0.15) is 0 Å². The highest BCUT2D eigenvalue weighted by atomic mass is 32.2. The van der Waals surface area contributed by atoms with E-state index < -0.39 is 10.0 Å². The van der Waals surface area contributed by atoms with Crippen LogP contribution in [0.5, 0.6) is 0 Å². The molecule has 0 fully saturated rings. The summed E-state index contributed by atoms with van der Waals surface area (Å²) in [6, 6.07) is 18.0. The van der Waals surface area contributed by atoms with Crippen molar-refractivity contribution in [3.05, 3.63) is 71.7 Å². The molecule has 0 radical (unpaired) electrons. The van der Waals surface area contributed by atoms with E-state index in [1.165, 1.54) is 22.7 Å². The minimum atomic E-state index is -3.67. The maximum Gasteiger partial charge on any atom is 0.263 e. The number of aryl methyl sites for hydroxylation is 1. The summed E-state index contributed by atoms with van der Waals surface area (Å²) in [7, 11) is -3.67.